The molecule has 0 aliphatic carbocycles. The summed E-state index contributed by atoms with van der Waals surface area (Å²) in [6.45, 7) is 3.21. The van der Waals surface area contributed by atoms with Crippen molar-refractivity contribution in [3.63, 3.8) is 0 Å². The minimum absolute atomic E-state index is 0.109. The molecule has 0 aromatic carbocycles. The summed E-state index contributed by atoms with van der Waals surface area (Å²) in [7, 11) is 1.58. The Morgan fingerprint density at radius 2 is 2.33 bits per heavy atom. The van der Waals surface area contributed by atoms with Crippen LogP contribution in [0.4, 0.5) is 0 Å². The molecule has 0 bridgehead atoms. The molecule has 1 aliphatic heterocycles. The Balaban J connectivity index is 2.36. The van der Waals surface area contributed by atoms with Crippen molar-refractivity contribution in [3.8, 4) is 0 Å². The lowest BCUT2D eigenvalue weighted by molar-refractivity contribution is -0.133. The van der Waals surface area contributed by atoms with Crippen LogP contribution >= 0.6 is 0 Å². The second kappa shape index (κ2) is 6.76. The van der Waals surface area contributed by atoms with E-state index in [-0.39, 0.29) is 12.0 Å². The van der Waals surface area contributed by atoms with E-state index in [2.05, 4.69) is 0 Å². The van der Waals surface area contributed by atoms with Crippen LogP contribution in [-0.2, 0) is 14.3 Å². The lowest BCUT2D eigenvalue weighted by Crippen LogP contribution is -2.37. The molecule has 0 spiro atoms. The number of amides is 1. The average Bonchev–Trinajstić information content (AvgIpc) is 2.54. The normalized spacial score (nSPS) is 19.7. The largest absolute Gasteiger partial charge is 0.380 e. The Labute approximate surface area is 90.5 Å². The van der Waals surface area contributed by atoms with Crippen LogP contribution in [0, 0.1) is 0 Å². The molecule has 2 N–H and O–H groups in total. The van der Waals surface area contributed by atoms with Crippen LogP contribution in [0.15, 0.2) is 0 Å². The summed E-state index contributed by atoms with van der Waals surface area (Å²) in [5, 5.41) is 0. The highest BCUT2D eigenvalue weighted by Gasteiger charge is 2.19. The Bertz CT molecular complexity index is 187. The summed E-state index contributed by atoms with van der Waals surface area (Å²) in [6, 6.07) is 0. The van der Waals surface area contributed by atoms with E-state index >= 15 is 0 Å². The highest BCUT2D eigenvalue weighted by atomic mass is 16.5. The quantitative estimate of drug-likeness (QED) is 0.694. The first-order valence-corrected chi connectivity index (χ1v) is 5.36. The van der Waals surface area contributed by atoms with Gasteiger partial charge in [-0.1, -0.05) is 0 Å². The van der Waals surface area contributed by atoms with Gasteiger partial charge in [0.2, 0.25) is 5.91 Å². The number of nitrogens with zero attached hydrogens (tertiary/aromatic N) is 1. The lowest BCUT2D eigenvalue weighted by atomic mass is 10.2. The second-order valence-corrected chi connectivity index (χ2v) is 3.64. The molecule has 0 saturated carbocycles. The van der Waals surface area contributed by atoms with E-state index in [1.165, 1.54) is 0 Å². The van der Waals surface area contributed by atoms with Gasteiger partial charge in [-0.3, -0.25) is 4.79 Å². The van der Waals surface area contributed by atoms with E-state index < -0.39 is 0 Å². The zero-order chi connectivity index (χ0) is 11.1. The first-order chi connectivity index (χ1) is 7.27. The highest BCUT2D eigenvalue weighted by molar-refractivity contribution is 5.76. The fourth-order valence-corrected chi connectivity index (χ4v) is 1.58. The molecule has 5 nitrogen and oxygen atoms in total. The number of carbonyl (C=O) groups is 1. The molecule has 88 valence electrons. The van der Waals surface area contributed by atoms with E-state index in [1.807, 2.05) is 4.90 Å². The number of hydrogen-bond acceptors (Lipinski definition) is 4. The van der Waals surface area contributed by atoms with Crippen LogP contribution in [-0.4, -0.2) is 56.9 Å². The van der Waals surface area contributed by atoms with Crippen LogP contribution in [0.1, 0.15) is 12.8 Å². The van der Waals surface area contributed by atoms with Crippen molar-refractivity contribution in [2.75, 3.05) is 40.0 Å². The fraction of sp³-hybridized carbons (Fsp3) is 0.900. The zero-order valence-corrected chi connectivity index (χ0v) is 9.28. The summed E-state index contributed by atoms with van der Waals surface area (Å²) in [5.74, 6) is 0.109. The molecular weight excluding hydrogens is 196 g/mol. The lowest BCUT2D eigenvalue weighted by Gasteiger charge is -2.22. The molecule has 0 aromatic heterocycles. The Kier molecular flexibility index (Phi) is 5.60. The molecule has 1 heterocycles. The van der Waals surface area contributed by atoms with Crippen LogP contribution in [0.5, 0.6) is 0 Å². The maximum atomic E-state index is 11.8. The first kappa shape index (κ1) is 12.4. The van der Waals surface area contributed by atoms with Gasteiger partial charge in [0.25, 0.3) is 0 Å². The van der Waals surface area contributed by atoms with E-state index in [4.69, 9.17) is 15.2 Å². The minimum Gasteiger partial charge on any atom is -0.380 e. The fourth-order valence-electron chi connectivity index (χ4n) is 1.58. The zero-order valence-electron chi connectivity index (χ0n) is 9.28. The summed E-state index contributed by atoms with van der Waals surface area (Å²) in [5.41, 5.74) is 5.47. The Morgan fingerprint density at radius 3 is 3.00 bits per heavy atom. The van der Waals surface area contributed by atoms with Gasteiger partial charge in [0.15, 0.2) is 0 Å². The van der Waals surface area contributed by atoms with Crippen molar-refractivity contribution in [1.82, 2.24) is 4.90 Å². The van der Waals surface area contributed by atoms with Crippen molar-refractivity contribution in [2.45, 2.75) is 18.9 Å². The van der Waals surface area contributed by atoms with Crippen LogP contribution in [0.3, 0.4) is 0 Å². The summed E-state index contributed by atoms with van der Waals surface area (Å²) < 4.78 is 10.4. The van der Waals surface area contributed by atoms with Gasteiger partial charge in [-0.05, 0) is 6.42 Å². The molecule has 1 rings (SSSR count). The Hall–Kier alpha value is -0.650. The van der Waals surface area contributed by atoms with Crippen molar-refractivity contribution >= 4 is 5.91 Å². The number of methoxy groups -OCH3 is 1. The molecule has 1 atom stereocenters. The number of carbonyl (C=O) groups excluding carboxylic acids is 1. The summed E-state index contributed by atoms with van der Waals surface area (Å²) in [6.07, 6.45) is 1.11. The highest BCUT2D eigenvalue weighted by Crippen LogP contribution is 2.05. The van der Waals surface area contributed by atoms with Gasteiger partial charge in [-0.25, -0.2) is 0 Å². The predicted molar refractivity (Wildman–Crippen MR) is 56.5 cm³/mol. The summed E-state index contributed by atoms with van der Waals surface area (Å²) >= 11 is 0. The molecule has 1 saturated heterocycles. The van der Waals surface area contributed by atoms with Crippen LogP contribution in [0.2, 0.25) is 0 Å². The molecule has 1 fully saturated rings. The van der Waals surface area contributed by atoms with E-state index in [1.54, 1.807) is 7.11 Å². The second-order valence-electron chi connectivity index (χ2n) is 3.64. The van der Waals surface area contributed by atoms with Crippen molar-refractivity contribution in [3.05, 3.63) is 0 Å². The molecule has 1 aliphatic rings. The third-order valence-corrected chi connectivity index (χ3v) is 2.57. The van der Waals surface area contributed by atoms with Gasteiger partial charge < -0.3 is 20.1 Å². The van der Waals surface area contributed by atoms with Crippen molar-refractivity contribution in [1.29, 1.82) is 0 Å². The molecule has 1 unspecified atom stereocenters. The van der Waals surface area contributed by atoms with Crippen molar-refractivity contribution in [2.24, 2.45) is 5.73 Å². The average molecular weight is 216 g/mol. The van der Waals surface area contributed by atoms with Crippen molar-refractivity contribution < 1.29 is 14.3 Å². The molecule has 5 heteroatoms. The number of ether oxygens (including phenoxy) is 2. The smallest absolute Gasteiger partial charge is 0.225 e. The van der Waals surface area contributed by atoms with Gasteiger partial charge in [0, 0.05) is 33.4 Å². The molecule has 1 amide bonds. The van der Waals surface area contributed by atoms with E-state index in [0.29, 0.717) is 26.1 Å². The number of nitrogens with two attached hydrogens (primary N) is 1. The van der Waals surface area contributed by atoms with Crippen LogP contribution < -0.4 is 5.73 Å². The first-order valence-electron chi connectivity index (χ1n) is 5.36. The SMILES string of the molecule is COC(CN)CC(=O)N1CCCOCC1. The minimum atomic E-state index is -0.165. The number of rotatable bonds is 4. The number of hydrogen-bond donors (Lipinski definition) is 1. The molecule has 15 heavy (non-hydrogen) atoms. The third-order valence-electron chi connectivity index (χ3n) is 2.57. The van der Waals surface area contributed by atoms with Crippen LogP contribution in [0.25, 0.3) is 0 Å². The third kappa shape index (κ3) is 4.15. The maximum Gasteiger partial charge on any atom is 0.225 e. The standard InChI is InChI=1S/C10H20N2O3/c1-14-9(8-11)7-10(13)12-3-2-5-15-6-4-12/h9H,2-8,11H2,1H3. The molecular formula is C10H20N2O3. The molecule has 0 radical (unpaired) electrons. The molecule has 0 aromatic rings. The van der Waals surface area contributed by atoms with E-state index in [9.17, 15) is 4.79 Å². The van der Waals surface area contributed by atoms with Gasteiger partial charge >= 0.3 is 0 Å². The predicted octanol–water partition coefficient (Wildman–Crippen LogP) is -0.401. The van der Waals surface area contributed by atoms with Gasteiger partial charge in [-0.2, -0.15) is 0 Å². The van der Waals surface area contributed by atoms with E-state index in [0.717, 1.165) is 19.6 Å². The topological polar surface area (TPSA) is 64.8 Å². The van der Waals surface area contributed by atoms with Gasteiger partial charge in [0.05, 0.1) is 19.1 Å². The van der Waals surface area contributed by atoms with Gasteiger partial charge in [0.1, 0.15) is 0 Å². The maximum absolute atomic E-state index is 11.8. The monoisotopic (exact) mass is 216 g/mol. The van der Waals surface area contributed by atoms with Gasteiger partial charge in [-0.15, -0.1) is 0 Å². The summed E-state index contributed by atoms with van der Waals surface area (Å²) in [4.78, 5) is 13.6. The Morgan fingerprint density at radius 1 is 1.53 bits per heavy atom.